The number of amides is 2. The fourth-order valence-corrected chi connectivity index (χ4v) is 3.88. The lowest BCUT2D eigenvalue weighted by atomic mass is 9.98. The fraction of sp³-hybridized carbons (Fsp3) is 0.444. The molecule has 2 aromatic rings. The average molecular weight is 376 g/mol. The molecule has 2 heterocycles. The maximum Gasteiger partial charge on any atom is 0.286 e. The van der Waals surface area contributed by atoms with Crippen LogP contribution in [0.5, 0.6) is 0 Å². The van der Waals surface area contributed by atoms with Crippen LogP contribution in [0.4, 0.5) is 10.1 Å². The third kappa shape index (κ3) is 4.43. The summed E-state index contributed by atoms with van der Waals surface area (Å²) in [6.45, 7) is 3.40. The Kier molecular flexibility index (Phi) is 5.92. The summed E-state index contributed by atoms with van der Waals surface area (Å²) in [7, 11) is 0. The number of hydrogen-bond donors (Lipinski definition) is 1. The number of aromatic nitrogens is 2. The summed E-state index contributed by atoms with van der Waals surface area (Å²) >= 11 is 1.23. The van der Waals surface area contributed by atoms with Crippen LogP contribution < -0.4 is 5.32 Å². The van der Waals surface area contributed by atoms with Crippen LogP contribution in [0.15, 0.2) is 24.3 Å². The summed E-state index contributed by atoms with van der Waals surface area (Å²) < 4.78 is 13.2. The molecule has 1 fully saturated rings. The van der Waals surface area contributed by atoms with Crippen LogP contribution >= 0.6 is 11.3 Å². The Morgan fingerprint density at radius 3 is 3.00 bits per heavy atom. The van der Waals surface area contributed by atoms with Crippen LogP contribution in [0.25, 0.3) is 0 Å². The van der Waals surface area contributed by atoms with Crippen molar-refractivity contribution in [1.29, 1.82) is 0 Å². The summed E-state index contributed by atoms with van der Waals surface area (Å²) in [5.74, 6) is -0.544. The van der Waals surface area contributed by atoms with Gasteiger partial charge in [0, 0.05) is 31.1 Å². The van der Waals surface area contributed by atoms with Gasteiger partial charge in [0.05, 0.1) is 0 Å². The number of hydrogen-bond acceptors (Lipinski definition) is 5. The van der Waals surface area contributed by atoms with Crippen molar-refractivity contribution in [2.24, 2.45) is 0 Å². The number of likely N-dealkylation sites (tertiary alicyclic amines) is 1. The molecular formula is C18H21FN4O2S. The highest BCUT2D eigenvalue weighted by Gasteiger charge is 2.27. The van der Waals surface area contributed by atoms with Gasteiger partial charge in [0.15, 0.2) is 0 Å². The first-order valence-electron chi connectivity index (χ1n) is 8.75. The van der Waals surface area contributed by atoms with E-state index in [-0.39, 0.29) is 16.8 Å². The third-order valence-electron chi connectivity index (χ3n) is 4.30. The minimum atomic E-state index is -0.417. The molecular weight excluding hydrogens is 355 g/mol. The van der Waals surface area contributed by atoms with Crippen molar-refractivity contribution < 1.29 is 14.0 Å². The van der Waals surface area contributed by atoms with E-state index in [9.17, 15) is 14.0 Å². The molecule has 0 saturated carbocycles. The summed E-state index contributed by atoms with van der Waals surface area (Å²) in [5.41, 5.74) is 0.376. The van der Waals surface area contributed by atoms with E-state index in [0.29, 0.717) is 18.7 Å². The molecule has 0 spiro atoms. The second-order valence-electron chi connectivity index (χ2n) is 6.34. The Labute approximate surface area is 155 Å². The molecule has 1 N–H and O–H groups in total. The van der Waals surface area contributed by atoms with Crippen molar-refractivity contribution in [2.45, 2.75) is 38.5 Å². The number of benzene rings is 1. The Bertz CT molecular complexity index is 795. The van der Waals surface area contributed by atoms with Crippen molar-refractivity contribution >= 4 is 28.8 Å². The van der Waals surface area contributed by atoms with Crippen LogP contribution in [0.2, 0.25) is 0 Å². The molecule has 0 bridgehead atoms. The second-order valence-corrected chi connectivity index (χ2v) is 7.35. The number of nitrogens with zero attached hydrogens (tertiary/aromatic N) is 3. The van der Waals surface area contributed by atoms with Gasteiger partial charge in [-0.15, -0.1) is 10.2 Å². The highest BCUT2D eigenvalue weighted by Crippen LogP contribution is 2.29. The van der Waals surface area contributed by atoms with E-state index in [1.165, 1.54) is 29.5 Å². The average Bonchev–Trinajstić information content (AvgIpc) is 3.12. The quantitative estimate of drug-likeness (QED) is 0.867. The Morgan fingerprint density at radius 2 is 2.23 bits per heavy atom. The molecule has 2 amide bonds. The number of carbonyl (C=O) groups is 2. The first kappa shape index (κ1) is 18.4. The normalized spacial score (nSPS) is 17.2. The van der Waals surface area contributed by atoms with Crippen LogP contribution in [0.3, 0.4) is 0 Å². The summed E-state index contributed by atoms with van der Waals surface area (Å²) in [6, 6.07) is 5.70. The Morgan fingerprint density at radius 1 is 1.38 bits per heavy atom. The SMILES string of the molecule is CCCC(=O)N1CCC[C@H](c2nnc(C(=O)Nc3cccc(F)c3)s2)C1. The smallest absolute Gasteiger partial charge is 0.286 e. The van der Waals surface area contributed by atoms with E-state index in [2.05, 4.69) is 15.5 Å². The topological polar surface area (TPSA) is 75.2 Å². The van der Waals surface area contributed by atoms with E-state index in [4.69, 9.17) is 0 Å². The molecule has 8 heteroatoms. The van der Waals surface area contributed by atoms with Gasteiger partial charge in [-0.25, -0.2) is 4.39 Å². The molecule has 1 aliphatic heterocycles. The zero-order valence-electron chi connectivity index (χ0n) is 14.6. The van der Waals surface area contributed by atoms with E-state index in [1.54, 1.807) is 6.07 Å². The first-order chi connectivity index (χ1) is 12.6. The third-order valence-corrected chi connectivity index (χ3v) is 5.39. The first-order valence-corrected chi connectivity index (χ1v) is 9.56. The van der Waals surface area contributed by atoms with Gasteiger partial charge < -0.3 is 10.2 Å². The molecule has 1 aromatic carbocycles. The molecule has 1 atom stereocenters. The lowest BCUT2D eigenvalue weighted by molar-refractivity contribution is -0.132. The van der Waals surface area contributed by atoms with Crippen LogP contribution in [0, 0.1) is 5.82 Å². The highest BCUT2D eigenvalue weighted by atomic mass is 32.1. The van der Waals surface area contributed by atoms with Gasteiger partial charge in [-0.2, -0.15) is 0 Å². The molecule has 0 radical (unpaired) electrons. The van der Waals surface area contributed by atoms with Gasteiger partial charge in [-0.1, -0.05) is 24.3 Å². The molecule has 0 unspecified atom stereocenters. The number of piperidine rings is 1. The maximum absolute atomic E-state index is 13.2. The van der Waals surface area contributed by atoms with E-state index in [1.807, 2.05) is 11.8 Å². The minimum absolute atomic E-state index is 0.109. The number of carbonyl (C=O) groups excluding carboxylic acids is 2. The Balaban J connectivity index is 1.65. The van der Waals surface area contributed by atoms with Crippen LogP contribution in [-0.2, 0) is 4.79 Å². The zero-order chi connectivity index (χ0) is 18.5. The van der Waals surface area contributed by atoms with Gasteiger partial charge >= 0.3 is 0 Å². The van der Waals surface area contributed by atoms with Crippen molar-refractivity contribution in [3.05, 3.63) is 40.1 Å². The predicted octanol–water partition coefficient (Wildman–Crippen LogP) is 3.44. The van der Waals surface area contributed by atoms with Gasteiger partial charge in [0.25, 0.3) is 5.91 Å². The lowest BCUT2D eigenvalue weighted by Gasteiger charge is -2.31. The van der Waals surface area contributed by atoms with Gasteiger partial charge in [-0.05, 0) is 37.5 Å². The zero-order valence-corrected chi connectivity index (χ0v) is 15.4. The fourth-order valence-electron chi connectivity index (χ4n) is 3.02. The van der Waals surface area contributed by atoms with Crippen LogP contribution in [-0.4, -0.2) is 40.0 Å². The molecule has 0 aliphatic carbocycles. The largest absolute Gasteiger partial charge is 0.342 e. The van der Waals surface area contributed by atoms with Crippen molar-refractivity contribution in [1.82, 2.24) is 15.1 Å². The molecule has 26 heavy (non-hydrogen) atoms. The number of halogens is 1. The number of rotatable bonds is 5. The van der Waals surface area contributed by atoms with Gasteiger partial charge in [-0.3, -0.25) is 9.59 Å². The standard InChI is InChI=1S/C18H21FN4O2S/c1-2-5-15(24)23-9-4-6-12(11-23)17-21-22-18(26-17)16(25)20-14-8-3-7-13(19)10-14/h3,7-8,10,12H,2,4-6,9,11H2,1H3,(H,20,25)/t12-/m0/s1. The predicted molar refractivity (Wildman–Crippen MR) is 97.7 cm³/mol. The maximum atomic E-state index is 13.2. The molecule has 1 aliphatic rings. The summed E-state index contributed by atoms with van der Waals surface area (Å²) in [4.78, 5) is 26.3. The minimum Gasteiger partial charge on any atom is -0.342 e. The van der Waals surface area contributed by atoms with Crippen molar-refractivity contribution in [3.8, 4) is 0 Å². The van der Waals surface area contributed by atoms with E-state index in [0.717, 1.165) is 30.8 Å². The van der Waals surface area contributed by atoms with Crippen LogP contribution in [0.1, 0.15) is 53.3 Å². The molecule has 6 nitrogen and oxygen atoms in total. The molecule has 1 saturated heterocycles. The number of anilines is 1. The van der Waals surface area contributed by atoms with Crippen molar-refractivity contribution in [2.75, 3.05) is 18.4 Å². The van der Waals surface area contributed by atoms with Gasteiger partial charge in [0.2, 0.25) is 10.9 Å². The van der Waals surface area contributed by atoms with E-state index < -0.39 is 11.7 Å². The second kappa shape index (κ2) is 8.35. The highest BCUT2D eigenvalue weighted by molar-refractivity contribution is 7.13. The molecule has 1 aromatic heterocycles. The lowest BCUT2D eigenvalue weighted by Crippen LogP contribution is -2.38. The Hall–Kier alpha value is -2.35. The number of nitrogens with one attached hydrogen (secondary N) is 1. The van der Waals surface area contributed by atoms with E-state index >= 15 is 0 Å². The molecule has 3 rings (SSSR count). The monoisotopic (exact) mass is 376 g/mol. The van der Waals surface area contributed by atoms with Gasteiger partial charge in [0.1, 0.15) is 10.8 Å². The van der Waals surface area contributed by atoms with Crippen molar-refractivity contribution in [3.63, 3.8) is 0 Å². The summed E-state index contributed by atoms with van der Waals surface area (Å²) in [6.07, 6.45) is 3.24. The summed E-state index contributed by atoms with van der Waals surface area (Å²) in [5, 5.41) is 11.8. The molecule has 138 valence electrons.